The molecule has 0 rings (SSSR count). The minimum atomic E-state index is -0.801. The summed E-state index contributed by atoms with van der Waals surface area (Å²) in [5.74, 6) is -0.980. The maximum absolute atomic E-state index is 12.8. The number of allylic oxidation sites excluding steroid dienone is 12. The number of hydrogen-bond acceptors (Lipinski definition) is 6. The van der Waals surface area contributed by atoms with Gasteiger partial charge in [0.25, 0.3) is 0 Å². The first-order valence-corrected chi connectivity index (χ1v) is 25.9. The van der Waals surface area contributed by atoms with Crippen LogP contribution in [-0.4, -0.2) is 37.2 Å². The number of unbranched alkanes of at least 4 members (excludes halogenated alkanes) is 23. The predicted octanol–water partition coefficient (Wildman–Crippen LogP) is 17.0. The quantitative estimate of drug-likeness (QED) is 0.0262. The normalized spacial score (nSPS) is 12.6. The van der Waals surface area contributed by atoms with E-state index in [0.29, 0.717) is 19.3 Å². The van der Waals surface area contributed by atoms with Crippen LogP contribution in [0.4, 0.5) is 0 Å². The topological polar surface area (TPSA) is 78.9 Å². The summed E-state index contributed by atoms with van der Waals surface area (Å²) in [4.78, 5) is 37.9. The van der Waals surface area contributed by atoms with Crippen molar-refractivity contribution >= 4 is 17.9 Å². The van der Waals surface area contributed by atoms with Gasteiger partial charge in [0, 0.05) is 19.3 Å². The van der Waals surface area contributed by atoms with Gasteiger partial charge < -0.3 is 14.2 Å². The Labute approximate surface area is 382 Å². The van der Waals surface area contributed by atoms with Gasteiger partial charge in [-0.25, -0.2) is 0 Å². The third-order valence-electron chi connectivity index (χ3n) is 11.0. The Bertz CT molecular complexity index is 1180. The number of hydrogen-bond donors (Lipinski definition) is 0. The summed E-state index contributed by atoms with van der Waals surface area (Å²) in [5.41, 5.74) is 0. The van der Waals surface area contributed by atoms with Crippen molar-refractivity contribution in [2.24, 2.45) is 0 Å². The Kier molecular flexibility index (Phi) is 47.9. The van der Waals surface area contributed by atoms with E-state index in [-0.39, 0.29) is 37.5 Å². The number of rotatable bonds is 46. The minimum absolute atomic E-state index is 0.0956. The number of esters is 3. The summed E-state index contributed by atoms with van der Waals surface area (Å²) >= 11 is 0. The molecule has 0 aliphatic rings. The maximum atomic E-state index is 12.8. The lowest BCUT2D eigenvalue weighted by molar-refractivity contribution is -0.166. The SMILES string of the molecule is CC/C=C\C/C=C\C/C=C\C/C=C\C/C=C\C/C=C\CCC(=O)OCC(COC(=O)CCCCCCCCCCCC)OC(=O)CCCCCCCCCCCCCCCCC. The minimum Gasteiger partial charge on any atom is -0.462 e. The molecule has 0 bridgehead atoms. The summed E-state index contributed by atoms with van der Waals surface area (Å²) in [5, 5.41) is 0. The molecule has 0 amide bonds. The molecule has 0 saturated carbocycles. The lowest BCUT2D eigenvalue weighted by Gasteiger charge is -2.18. The summed E-state index contributed by atoms with van der Waals surface area (Å²) in [7, 11) is 0. The van der Waals surface area contributed by atoms with Crippen LogP contribution in [0.1, 0.15) is 245 Å². The van der Waals surface area contributed by atoms with Crippen LogP contribution < -0.4 is 0 Å². The molecule has 0 aromatic carbocycles. The molecule has 0 aliphatic carbocycles. The van der Waals surface area contributed by atoms with E-state index in [1.54, 1.807) is 0 Å². The van der Waals surface area contributed by atoms with E-state index >= 15 is 0 Å². The molecule has 1 unspecified atom stereocenters. The summed E-state index contributed by atoms with van der Waals surface area (Å²) in [6.07, 6.45) is 63.3. The first kappa shape index (κ1) is 58.9. The molecular formula is C56H96O6. The molecule has 0 aliphatic heterocycles. The van der Waals surface area contributed by atoms with Crippen LogP contribution in [0, 0.1) is 0 Å². The zero-order valence-electron chi connectivity index (χ0n) is 40.6. The van der Waals surface area contributed by atoms with Gasteiger partial charge in [-0.3, -0.25) is 14.4 Å². The van der Waals surface area contributed by atoms with Gasteiger partial charge >= 0.3 is 17.9 Å². The molecule has 1 atom stereocenters. The summed E-state index contributed by atoms with van der Waals surface area (Å²) < 4.78 is 16.7. The highest BCUT2D eigenvalue weighted by atomic mass is 16.6. The second-order valence-corrected chi connectivity index (χ2v) is 17.1. The average Bonchev–Trinajstić information content (AvgIpc) is 3.27. The van der Waals surface area contributed by atoms with Gasteiger partial charge in [-0.15, -0.1) is 0 Å². The lowest BCUT2D eigenvalue weighted by Crippen LogP contribution is -2.30. The first-order valence-electron chi connectivity index (χ1n) is 25.9. The van der Waals surface area contributed by atoms with E-state index in [9.17, 15) is 14.4 Å². The molecule has 0 N–H and O–H groups in total. The van der Waals surface area contributed by atoms with Crippen molar-refractivity contribution in [2.75, 3.05) is 13.2 Å². The van der Waals surface area contributed by atoms with Crippen LogP contribution in [0.5, 0.6) is 0 Å². The molecule has 62 heavy (non-hydrogen) atoms. The fourth-order valence-electron chi connectivity index (χ4n) is 7.12. The standard InChI is InChI=1S/C56H96O6/c1-4-7-10-13-16-19-22-24-26-27-28-29-31-32-34-37-40-43-46-49-55(58)61-52-53(51-60-54(57)48-45-42-39-36-21-18-15-12-9-6-3)62-56(59)50-47-44-41-38-35-33-30-25-23-20-17-14-11-8-5-2/h7,10,16,19,24,26,28-29,32,34,40,43,53H,4-6,8-9,11-15,17-18,20-23,25,27,30-31,33,35-39,41-42,44-52H2,1-3H3/b10-7-,19-16-,26-24-,29-28-,34-32-,43-40-. The highest BCUT2D eigenvalue weighted by Crippen LogP contribution is 2.15. The van der Waals surface area contributed by atoms with E-state index in [1.165, 1.54) is 122 Å². The fourth-order valence-corrected chi connectivity index (χ4v) is 7.12. The van der Waals surface area contributed by atoms with Crippen molar-refractivity contribution in [1.29, 1.82) is 0 Å². The third-order valence-corrected chi connectivity index (χ3v) is 11.0. The van der Waals surface area contributed by atoms with Gasteiger partial charge in [0.1, 0.15) is 13.2 Å². The zero-order valence-corrected chi connectivity index (χ0v) is 40.6. The monoisotopic (exact) mass is 865 g/mol. The van der Waals surface area contributed by atoms with E-state index in [0.717, 1.165) is 77.0 Å². The van der Waals surface area contributed by atoms with Gasteiger partial charge in [0.15, 0.2) is 6.10 Å². The van der Waals surface area contributed by atoms with Crippen molar-refractivity contribution in [1.82, 2.24) is 0 Å². The van der Waals surface area contributed by atoms with Crippen LogP contribution >= 0.6 is 0 Å². The summed E-state index contributed by atoms with van der Waals surface area (Å²) in [6.45, 7) is 6.45. The maximum Gasteiger partial charge on any atom is 0.306 e. The van der Waals surface area contributed by atoms with Gasteiger partial charge in [-0.05, 0) is 57.8 Å². The second kappa shape index (κ2) is 50.5. The third kappa shape index (κ3) is 47.9. The molecular weight excluding hydrogens is 769 g/mol. The van der Waals surface area contributed by atoms with Crippen LogP contribution in [0.3, 0.4) is 0 Å². The van der Waals surface area contributed by atoms with E-state index in [2.05, 4.69) is 87.6 Å². The van der Waals surface area contributed by atoms with E-state index in [1.807, 2.05) is 6.08 Å². The Morgan fingerprint density at radius 3 is 0.984 bits per heavy atom. The smallest absolute Gasteiger partial charge is 0.306 e. The van der Waals surface area contributed by atoms with Gasteiger partial charge in [-0.1, -0.05) is 241 Å². The van der Waals surface area contributed by atoms with Crippen LogP contribution in [0.15, 0.2) is 72.9 Å². The predicted molar refractivity (Wildman–Crippen MR) is 265 cm³/mol. The van der Waals surface area contributed by atoms with Gasteiger partial charge in [0.05, 0.1) is 0 Å². The molecule has 0 radical (unpaired) electrons. The van der Waals surface area contributed by atoms with E-state index in [4.69, 9.17) is 14.2 Å². The van der Waals surface area contributed by atoms with Crippen molar-refractivity contribution in [3.05, 3.63) is 72.9 Å². The molecule has 6 nitrogen and oxygen atoms in total. The Morgan fingerprint density at radius 1 is 0.339 bits per heavy atom. The first-order chi connectivity index (χ1) is 30.5. The van der Waals surface area contributed by atoms with Crippen LogP contribution in [0.25, 0.3) is 0 Å². The Hall–Kier alpha value is -3.15. The van der Waals surface area contributed by atoms with Crippen LogP contribution in [0.2, 0.25) is 0 Å². The highest BCUT2D eigenvalue weighted by Gasteiger charge is 2.19. The fraction of sp³-hybridized carbons (Fsp3) is 0.732. The van der Waals surface area contributed by atoms with Crippen molar-refractivity contribution in [3.8, 4) is 0 Å². The van der Waals surface area contributed by atoms with Gasteiger partial charge in [0.2, 0.25) is 0 Å². The molecule has 0 heterocycles. The van der Waals surface area contributed by atoms with Crippen molar-refractivity contribution < 1.29 is 28.6 Å². The Balaban J connectivity index is 4.45. The molecule has 0 saturated heterocycles. The van der Waals surface area contributed by atoms with Gasteiger partial charge in [-0.2, -0.15) is 0 Å². The largest absolute Gasteiger partial charge is 0.462 e. The second-order valence-electron chi connectivity index (χ2n) is 17.1. The molecule has 6 heteroatoms. The number of carbonyl (C=O) groups is 3. The molecule has 356 valence electrons. The molecule has 0 aromatic rings. The van der Waals surface area contributed by atoms with Crippen LogP contribution in [-0.2, 0) is 28.6 Å². The Morgan fingerprint density at radius 2 is 0.629 bits per heavy atom. The highest BCUT2D eigenvalue weighted by molar-refractivity contribution is 5.71. The molecule has 0 aromatic heterocycles. The number of ether oxygens (including phenoxy) is 3. The molecule has 0 fully saturated rings. The summed E-state index contributed by atoms with van der Waals surface area (Å²) in [6, 6.07) is 0. The number of carbonyl (C=O) groups excluding carboxylic acids is 3. The lowest BCUT2D eigenvalue weighted by atomic mass is 10.0. The molecule has 0 spiro atoms. The van der Waals surface area contributed by atoms with E-state index < -0.39 is 6.10 Å². The zero-order chi connectivity index (χ0) is 45.1. The van der Waals surface area contributed by atoms with Crippen molar-refractivity contribution in [2.45, 2.75) is 252 Å². The average molecular weight is 865 g/mol. The van der Waals surface area contributed by atoms with Crippen molar-refractivity contribution in [3.63, 3.8) is 0 Å².